The van der Waals surface area contributed by atoms with Crippen molar-refractivity contribution in [2.24, 2.45) is 5.73 Å². The van der Waals surface area contributed by atoms with Crippen molar-refractivity contribution in [1.82, 2.24) is 0 Å². The highest BCUT2D eigenvalue weighted by Gasteiger charge is 2.16. The van der Waals surface area contributed by atoms with Gasteiger partial charge in [0.15, 0.2) is 0 Å². The molecule has 0 bridgehead atoms. The lowest BCUT2D eigenvalue weighted by atomic mass is 10.2. The first kappa shape index (κ1) is 5.18. The van der Waals surface area contributed by atoms with Gasteiger partial charge in [-0.1, -0.05) is 6.08 Å². The fraction of sp³-hybridized carbons (Fsp3) is 0.143. The number of fused-ring (bicyclic) bond motifs is 1. The van der Waals surface area contributed by atoms with Crippen LogP contribution in [0, 0.1) is 0 Å². The molecule has 2 heteroatoms. The predicted molar refractivity (Wildman–Crippen MR) is 40.9 cm³/mol. The van der Waals surface area contributed by atoms with Crippen LogP contribution in [0.1, 0.15) is 0 Å². The van der Waals surface area contributed by atoms with Crippen molar-refractivity contribution in [3.63, 3.8) is 0 Å². The van der Waals surface area contributed by atoms with Crippen LogP contribution in [0.4, 0.5) is 0 Å². The van der Waals surface area contributed by atoms with Gasteiger partial charge >= 0.3 is 0 Å². The summed E-state index contributed by atoms with van der Waals surface area (Å²) in [6.07, 6.45) is 6.22. The van der Waals surface area contributed by atoms with Gasteiger partial charge in [0.25, 0.3) is 0 Å². The van der Waals surface area contributed by atoms with Gasteiger partial charge in [0.05, 0.1) is 0 Å². The van der Waals surface area contributed by atoms with E-state index >= 15 is 0 Å². The van der Waals surface area contributed by atoms with Crippen LogP contribution in [-0.2, 0) is 0 Å². The first-order valence-corrected chi connectivity index (χ1v) is 3.87. The summed E-state index contributed by atoms with van der Waals surface area (Å²) in [5, 5.41) is 0. The van der Waals surface area contributed by atoms with Crippen LogP contribution in [-0.4, -0.2) is 5.75 Å². The molecule has 0 amide bonds. The standard InChI is InChI=1S/C7H7NS/c8-6-1-2-7-5(6)3-4-9-7/h1-3H,4,8H2. The van der Waals surface area contributed by atoms with Crippen molar-refractivity contribution < 1.29 is 0 Å². The summed E-state index contributed by atoms with van der Waals surface area (Å²) in [6.45, 7) is 0. The molecule has 1 heterocycles. The van der Waals surface area contributed by atoms with Gasteiger partial charge in [0, 0.05) is 21.9 Å². The molecule has 0 aromatic rings. The molecule has 0 fully saturated rings. The molecule has 0 aromatic carbocycles. The lowest BCUT2D eigenvalue weighted by Crippen LogP contribution is -1.95. The first-order valence-electron chi connectivity index (χ1n) is 2.89. The van der Waals surface area contributed by atoms with E-state index in [-0.39, 0.29) is 0 Å². The summed E-state index contributed by atoms with van der Waals surface area (Å²) in [5.74, 6) is 1.09. The van der Waals surface area contributed by atoms with Crippen molar-refractivity contribution >= 4 is 11.8 Å². The Morgan fingerprint density at radius 1 is 1.44 bits per heavy atom. The quantitative estimate of drug-likeness (QED) is 0.546. The molecule has 2 N–H and O–H groups in total. The van der Waals surface area contributed by atoms with Gasteiger partial charge in [-0.3, -0.25) is 0 Å². The molecule has 0 radical (unpaired) electrons. The summed E-state index contributed by atoms with van der Waals surface area (Å²) in [7, 11) is 0. The Hall–Kier alpha value is -0.630. The second-order valence-electron chi connectivity index (χ2n) is 2.08. The van der Waals surface area contributed by atoms with Gasteiger partial charge in [-0.25, -0.2) is 0 Å². The Bertz CT molecular complexity index is 235. The van der Waals surface area contributed by atoms with Gasteiger partial charge in [-0.15, -0.1) is 11.8 Å². The number of rotatable bonds is 0. The molecule has 2 rings (SSSR count). The second kappa shape index (κ2) is 1.67. The molecule has 2 aliphatic rings. The third kappa shape index (κ3) is 0.630. The smallest absolute Gasteiger partial charge is 0.0396 e. The second-order valence-corrected chi connectivity index (χ2v) is 3.14. The SMILES string of the molecule is NC1=CC=C2SCC=C12. The summed E-state index contributed by atoms with van der Waals surface area (Å²) in [6, 6.07) is 0. The Morgan fingerprint density at radius 3 is 3.11 bits per heavy atom. The highest BCUT2D eigenvalue weighted by molar-refractivity contribution is 8.03. The van der Waals surface area contributed by atoms with Gasteiger partial charge in [-0.2, -0.15) is 0 Å². The Kier molecular flexibility index (Phi) is 0.963. The number of thioether (sulfide) groups is 1. The van der Waals surface area contributed by atoms with E-state index in [2.05, 4.69) is 12.2 Å². The number of nitrogens with two attached hydrogens (primary N) is 1. The van der Waals surface area contributed by atoms with E-state index in [1.807, 2.05) is 17.8 Å². The molecule has 1 aliphatic carbocycles. The van der Waals surface area contributed by atoms with Gasteiger partial charge in [0.1, 0.15) is 0 Å². The van der Waals surface area contributed by atoms with Gasteiger partial charge < -0.3 is 5.73 Å². The van der Waals surface area contributed by atoms with Crippen LogP contribution in [0.15, 0.2) is 34.4 Å². The van der Waals surface area contributed by atoms with E-state index in [0.717, 1.165) is 11.4 Å². The van der Waals surface area contributed by atoms with Crippen LogP contribution in [0.3, 0.4) is 0 Å². The molecule has 0 atom stereocenters. The maximum Gasteiger partial charge on any atom is 0.0396 e. The van der Waals surface area contributed by atoms with Crippen LogP contribution >= 0.6 is 11.8 Å². The minimum atomic E-state index is 0.926. The molecule has 1 aliphatic heterocycles. The summed E-state index contributed by atoms with van der Waals surface area (Å²) < 4.78 is 0. The molecule has 46 valence electrons. The topological polar surface area (TPSA) is 26.0 Å². The first-order chi connectivity index (χ1) is 4.38. The number of hydrogen-bond acceptors (Lipinski definition) is 2. The number of hydrogen-bond donors (Lipinski definition) is 1. The molecule has 0 saturated heterocycles. The van der Waals surface area contributed by atoms with E-state index in [0.29, 0.717) is 0 Å². The molecule has 0 unspecified atom stereocenters. The third-order valence-corrected chi connectivity index (χ3v) is 2.52. The van der Waals surface area contributed by atoms with Crippen LogP contribution in [0.25, 0.3) is 0 Å². The average molecular weight is 137 g/mol. The third-order valence-electron chi connectivity index (χ3n) is 1.52. The maximum absolute atomic E-state index is 5.65. The highest BCUT2D eigenvalue weighted by Crippen LogP contribution is 2.37. The molecular weight excluding hydrogens is 130 g/mol. The molecular formula is C7H7NS. The van der Waals surface area contributed by atoms with E-state index in [1.165, 1.54) is 10.5 Å². The zero-order valence-corrected chi connectivity index (χ0v) is 5.74. The maximum atomic E-state index is 5.65. The molecule has 9 heavy (non-hydrogen) atoms. The van der Waals surface area contributed by atoms with Gasteiger partial charge in [0.2, 0.25) is 0 Å². The van der Waals surface area contributed by atoms with E-state index < -0.39 is 0 Å². The molecule has 1 nitrogen and oxygen atoms in total. The molecule has 0 aromatic heterocycles. The van der Waals surface area contributed by atoms with E-state index in [9.17, 15) is 0 Å². The largest absolute Gasteiger partial charge is 0.398 e. The van der Waals surface area contributed by atoms with Crippen molar-refractivity contribution in [2.75, 3.05) is 5.75 Å². The summed E-state index contributed by atoms with van der Waals surface area (Å²) >= 11 is 1.85. The number of allylic oxidation sites excluding steroid dienone is 3. The predicted octanol–water partition coefficient (Wildman–Crippen LogP) is 1.40. The Labute approximate surface area is 58.3 Å². The lowest BCUT2D eigenvalue weighted by molar-refractivity contribution is 1.38. The summed E-state index contributed by atoms with van der Waals surface area (Å²) in [4.78, 5) is 1.34. The van der Waals surface area contributed by atoms with Crippen LogP contribution in [0.2, 0.25) is 0 Å². The highest BCUT2D eigenvalue weighted by atomic mass is 32.2. The molecule has 0 saturated carbocycles. The van der Waals surface area contributed by atoms with Gasteiger partial charge in [-0.05, 0) is 12.2 Å². The normalized spacial score (nSPS) is 22.9. The molecule has 0 spiro atoms. The fourth-order valence-corrected chi connectivity index (χ4v) is 2.00. The van der Waals surface area contributed by atoms with Crippen molar-refractivity contribution in [3.05, 3.63) is 34.4 Å². The average Bonchev–Trinajstić information content (AvgIpc) is 2.35. The Morgan fingerprint density at radius 2 is 2.33 bits per heavy atom. The van der Waals surface area contributed by atoms with E-state index in [1.54, 1.807) is 0 Å². The van der Waals surface area contributed by atoms with Crippen LogP contribution < -0.4 is 5.73 Å². The van der Waals surface area contributed by atoms with E-state index in [4.69, 9.17) is 5.73 Å². The zero-order valence-electron chi connectivity index (χ0n) is 4.92. The van der Waals surface area contributed by atoms with Crippen molar-refractivity contribution in [2.45, 2.75) is 0 Å². The lowest BCUT2D eigenvalue weighted by Gasteiger charge is -1.94. The monoisotopic (exact) mass is 137 g/mol. The Balaban J connectivity index is 2.46. The zero-order chi connectivity index (χ0) is 6.27. The summed E-state index contributed by atoms with van der Waals surface area (Å²) in [5.41, 5.74) is 7.82. The fourth-order valence-electron chi connectivity index (χ4n) is 1.05. The van der Waals surface area contributed by atoms with Crippen LogP contribution in [0.5, 0.6) is 0 Å². The minimum absolute atomic E-state index is 0.926. The minimum Gasteiger partial charge on any atom is -0.398 e. The van der Waals surface area contributed by atoms with Crippen molar-refractivity contribution in [3.8, 4) is 0 Å². The van der Waals surface area contributed by atoms with Crippen molar-refractivity contribution in [1.29, 1.82) is 0 Å².